The van der Waals surface area contributed by atoms with E-state index in [1.54, 1.807) is 7.05 Å². The number of hydrogen-bond donors (Lipinski definition) is 2. The number of thiophene rings is 1. The highest BCUT2D eigenvalue weighted by molar-refractivity contribution is 7.15. The smallest absolute Gasteiger partial charge is 0.233 e. The first-order valence-electron chi connectivity index (χ1n) is 11.6. The molecule has 0 atom stereocenters. The number of aromatic amines is 1. The normalized spacial score (nSPS) is 14.1. The number of likely N-dealkylation sites (N-methyl/N-ethyl adjacent to an activating group) is 1. The van der Waals surface area contributed by atoms with Gasteiger partial charge in [-0.15, -0.1) is 11.3 Å². The summed E-state index contributed by atoms with van der Waals surface area (Å²) in [4.78, 5) is 24.8. The number of fused-ring (bicyclic) bond motifs is 2. The molecular weight excluding hydrogens is 428 g/mol. The highest BCUT2D eigenvalue weighted by atomic mass is 32.1. The predicted molar refractivity (Wildman–Crippen MR) is 137 cm³/mol. The predicted octanol–water partition coefficient (Wildman–Crippen LogP) is 5.49. The van der Waals surface area contributed by atoms with Gasteiger partial charge in [0.2, 0.25) is 5.91 Å². The van der Waals surface area contributed by atoms with E-state index in [4.69, 9.17) is 0 Å². The van der Waals surface area contributed by atoms with Crippen molar-refractivity contribution in [3.63, 3.8) is 0 Å². The summed E-state index contributed by atoms with van der Waals surface area (Å²) in [6.45, 7) is 8.80. The second-order valence-electron chi connectivity index (χ2n) is 9.21. The molecule has 170 valence electrons. The van der Waals surface area contributed by atoms with Gasteiger partial charge in [-0.25, -0.2) is 0 Å². The second-order valence-corrected chi connectivity index (χ2v) is 10.3. The summed E-state index contributed by atoms with van der Waals surface area (Å²) in [5.41, 5.74) is 8.62. The van der Waals surface area contributed by atoms with Crippen molar-refractivity contribution in [3.8, 4) is 21.7 Å². The summed E-state index contributed by atoms with van der Waals surface area (Å²) >= 11 is 1.86. The molecule has 0 saturated heterocycles. The number of aromatic nitrogens is 2. The van der Waals surface area contributed by atoms with E-state index in [2.05, 4.69) is 70.4 Å². The molecule has 33 heavy (non-hydrogen) atoms. The number of H-pyrrole nitrogens is 1. The van der Waals surface area contributed by atoms with Crippen molar-refractivity contribution in [1.82, 2.24) is 20.2 Å². The van der Waals surface area contributed by atoms with E-state index in [0.717, 1.165) is 25.2 Å². The molecule has 0 saturated carbocycles. The molecule has 0 spiro atoms. The van der Waals surface area contributed by atoms with Crippen LogP contribution in [0.2, 0.25) is 0 Å². The molecule has 4 aromatic rings. The summed E-state index contributed by atoms with van der Waals surface area (Å²) in [6.07, 6.45) is 2.88. The van der Waals surface area contributed by atoms with E-state index >= 15 is 0 Å². The summed E-state index contributed by atoms with van der Waals surface area (Å²) < 4.78 is 0. The maximum absolute atomic E-state index is 11.8. The number of aryl methyl sites for hydroxylation is 1. The van der Waals surface area contributed by atoms with Crippen molar-refractivity contribution in [2.45, 2.75) is 39.7 Å². The van der Waals surface area contributed by atoms with Crippen molar-refractivity contribution in [3.05, 3.63) is 64.3 Å². The Hall–Kier alpha value is -2.96. The minimum atomic E-state index is 0.0783. The number of rotatable bonds is 5. The molecule has 5 rings (SSSR count). The highest BCUT2D eigenvalue weighted by Crippen LogP contribution is 2.40. The van der Waals surface area contributed by atoms with Crippen LogP contribution >= 0.6 is 11.3 Å². The Morgan fingerprint density at radius 3 is 2.82 bits per heavy atom. The summed E-state index contributed by atoms with van der Waals surface area (Å²) in [6, 6.07) is 13.4. The number of carbonyl (C=O) groups excluding carboxylic acids is 1. The number of nitrogens with zero attached hydrogens (tertiary/aromatic N) is 2. The fourth-order valence-corrected chi connectivity index (χ4v) is 6.08. The lowest BCUT2D eigenvalue weighted by molar-refractivity contribution is -0.121. The molecule has 0 unspecified atom stereocenters. The van der Waals surface area contributed by atoms with Crippen molar-refractivity contribution in [1.29, 1.82) is 0 Å². The first-order chi connectivity index (χ1) is 15.9. The van der Waals surface area contributed by atoms with Crippen LogP contribution in [0.1, 0.15) is 41.5 Å². The van der Waals surface area contributed by atoms with Gasteiger partial charge in [-0.05, 0) is 66.3 Å². The Kier molecular flexibility index (Phi) is 5.81. The lowest BCUT2D eigenvalue weighted by Crippen LogP contribution is -2.38. The third-order valence-electron chi connectivity index (χ3n) is 6.49. The molecular formula is C27H30N4OS. The number of benzene rings is 1. The highest BCUT2D eigenvalue weighted by Gasteiger charge is 2.22. The SMILES string of the molecule is CNC(=O)CN1CCc2cc(-c3ccc4[nH]c(-c5ccnc(C)c5)c(C(C)C)c4c3)sc2C1. The van der Waals surface area contributed by atoms with Crippen molar-refractivity contribution < 1.29 is 4.79 Å². The first-order valence-corrected chi connectivity index (χ1v) is 12.4. The zero-order valence-electron chi connectivity index (χ0n) is 19.7. The van der Waals surface area contributed by atoms with Crippen LogP contribution in [0, 0.1) is 6.92 Å². The lowest BCUT2D eigenvalue weighted by atomic mass is 9.95. The van der Waals surface area contributed by atoms with Gasteiger partial charge in [-0.2, -0.15) is 0 Å². The number of carbonyl (C=O) groups is 1. The molecule has 1 aliphatic rings. The Bertz CT molecular complexity index is 1330. The quantitative estimate of drug-likeness (QED) is 0.415. The molecule has 0 radical (unpaired) electrons. The fourth-order valence-electron chi connectivity index (χ4n) is 4.83. The first kappa shape index (κ1) is 21.9. The second kappa shape index (κ2) is 8.76. The zero-order valence-corrected chi connectivity index (χ0v) is 20.5. The maximum Gasteiger partial charge on any atom is 0.233 e. The van der Waals surface area contributed by atoms with Gasteiger partial charge in [0, 0.05) is 58.2 Å². The largest absolute Gasteiger partial charge is 0.358 e. The number of pyridine rings is 1. The van der Waals surface area contributed by atoms with Crippen LogP contribution in [0.15, 0.2) is 42.6 Å². The molecule has 1 aliphatic heterocycles. The van der Waals surface area contributed by atoms with Gasteiger partial charge < -0.3 is 10.3 Å². The topological polar surface area (TPSA) is 61.0 Å². The fraction of sp³-hybridized carbons (Fsp3) is 0.333. The molecule has 3 aromatic heterocycles. The van der Waals surface area contributed by atoms with Crippen LogP contribution in [0.4, 0.5) is 0 Å². The van der Waals surface area contributed by atoms with E-state index in [1.165, 1.54) is 48.6 Å². The monoisotopic (exact) mass is 458 g/mol. The maximum atomic E-state index is 11.8. The number of nitrogens with one attached hydrogen (secondary N) is 2. The molecule has 4 heterocycles. The van der Waals surface area contributed by atoms with Crippen LogP contribution in [0.3, 0.4) is 0 Å². The van der Waals surface area contributed by atoms with Crippen molar-refractivity contribution >= 4 is 28.1 Å². The van der Waals surface area contributed by atoms with Gasteiger partial charge in [-0.3, -0.25) is 14.7 Å². The van der Waals surface area contributed by atoms with Gasteiger partial charge in [0.25, 0.3) is 0 Å². The Morgan fingerprint density at radius 1 is 1.21 bits per heavy atom. The molecule has 5 nitrogen and oxygen atoms in total. The Balaban J connectivity index is 1.52. The summed E-state index contributed by atoms with van der Waals surface area (Å²) in [7, 11) is 1.70. The van der Waals surface area contributed by atoms with E-state index in [-0.39, 0.29) is 5.91 Å². The summed E-state index contributed by atoms with van der Waals surface area (Å²) in [5, 5.41) is 4.02. The number of hydrogen-bond acceptors (Lipinski definition) is 4. The zero-order chi connectivity index (χ0) is 23.1. The van der Waals surface area contributed by atoms with Crippen LogP contribution in [0.25, 0.3) is 32.6 Å². The van der Waals surface area contributed by atoms with E-state index in [0.29, 0.717) is 12.5 Å². The molecule has 0 bridgehead atoms. The Labute approximate surface area is 198 Å². The van der Waals surface area contributed by atoms with Gasteiger partial charge in [-0.1, -0.05) is 19.9 Å². The molecule has 2 N–H and O–H groups in total. The average molecular weight is 459 g/mol. The van der Waals surface area contributed by atoms with Crippen LogP contribution in [-0.2, 0) is 17.8 Å². The third-order valence-corrected chi connectivity index (χ3v) is 7.70. The van der Waals surface area contributed by atoms with Gasteiger partial charge in [0.05, 0.1) is 12.2 Å². The molecule has 0 fully saturated rings. The average Bonchev–Trinajstić information content (AvgIpc) is 3.39. The van der Waals surface area contributed by atoms with Crippen LogP contribution in [0.5, 0.6) is 0 Å². The minimum Gasteiger partial charge on any atom is -0.358 e. The molecule has 0 aliphatic carbocycles. The van der Waals surface area contributed by atoms with E-state index < -0.39 is 0 Å². The number of amides is 1. The van der Waals surface area contributed by atoms with E-state index in [1.807, 2.05) is 24.5 Å². The molecule has 1 amide bonds. The van der Waals surface area contributed by atoms with Crippen molar-refractivity contribution in [2.75, 3.05) is 20.1 Å². The third kappa shape index (κ3) is 4.21. The lowest BCUT2D eigenvalue weighted by Gasteiger charge is -2.25. The molecule has 6 heteroatoms. The van der Waals surface area contributed by atoms with E-state index in [9.17, 15) is 4.79 Å². The minimum absolute atomic E-state index is 0.0783. The van der Waals surface area contributed by atoms with Crippen LogP contribution < -0.4 is 5.32 Å². The van der Waals surface area contributed by atoms with Gasteiger partial charge >= 0.3 is 0 Å². The summed E-state index contributed by atoms with van der Waals surface area (Å²) in [5.74, 6) is 0.474. The standard InChI is InChI=1S/C27H30N4OS/c1-16(2)26-21-12-18(5-6-22(21)30-27(26)20-7-9-29-17(3)11-20)23-13-19-8-10-31(14-24(19)33-23)15-25(32)28-4/h5-7,9,11-13,16,30H,8,10,14-15H2,1-4H3,(H,28,32). The van der Waals surface area contributed by atoms with Crippen molar-refractivity contribution in [2.24, 2.45) is 0 Å². The molecule has 1 aromatic carbocycles. The van der Waals surface area contributed by atoms with Crippen LogP contribution in [-0.4, -0.2) is 40.9 Å². The van der Waals surface area contributed by atoms with Gasteiger partial charge in [0.15, 0.2) is 0 Å². The Morgan fingerprint density at radius 2 is 2.06 bits per heavy atom. The van der Waals surface area contributed by atoms with Gasteiger partial charge in [0.1, 0.15) is 0 Å².